The van der Waals surface area contributed by atoms with Gasteiger partial charge in [0.1, 0.15) is 53.1 Å². The molecule has 6 heterocycles. The van der Waals surface area contributed by atoms with Crippen molar-refractivity contribution in [3.63, 3.8) is 0 Å². The summed E-state index contributed by atoms with van der Waals surface area (Å²) in [6.07, 6.45) is 2.50. The number of aliphatic carboxylic acids is 1. The van der Waals surface area contributed by atoms with Crippen LogP contribution in [0.25, 0.3) is 39.2 Å². The fraction of sp³-hybridized carbons (Fsp3) is 0.250. The van der Waals surface area contributed by atoms with Crippen molar-refractivity contribution in [2.45, 2.75) is 25.2 Å². The highest BCUT2D eigenvalue weighted by Crippen LogP contribution is 2.48. The van der Waals surface area contributed by atoms with Gasteiger partial charge in [-0.3, -0.25) is 4.90 Å². The number of halogens is 4. The van der Waals surface area contributed by atoms with Gasteiger partial charge >= 0.3 is 5.97 Å². The molecule has 3 aromatic heterocycles. The van der Waals surface area contributed by atoms with E-state index in [0.29, 0.717) is 74.2 Å². The van der Waals surface area contributed by atoms with Crippen molar-refractivity contribution >= 4 is 46.3 Å². The summed E-state index contributed by atoms with van der Waals surface area (Å²) in [5.74, 6) is 0.389. The molecule has 0 spiro atoms. The molecule has 17 heteroatoms. The molecule has 65 heavy (non-hydrogen) atoms. The first-order valence-electron chi connectivity index (χ1n) is 20.8. The van der Waals surface area contributed by atoms with Gasteiger partial charge in [0.25, 0.3) is 0 Å². The second-order valence-electron chi connectivity index (χ2n) is 15.7. The van der Waals surface area contributed by atoms with Gasteiger partial charge in [-0.25, -0.2) is 24.1 Å². The largest absolute Gasteiger partial charge is 0.496 e. The lowest BCUT2D eigenvalue weighted by Gasteiger charge is -2.34. The standard InChI is InChI=1S/C48H42Cl3FN6O7/c1-56-17-19-57(20-18-56)25-34-27-62-33-11-12-38(63-26-32-13-14-53-46(55-32)35-5-3-4-6-39(35)61-2)29(21-33)24-40(48(59)60)65-47-43-41(30-22-36(49)44(64-34)37(50)23-30)42(28-7-9-31(52)10-8-28)45(51)58(43)16-15-54-47/h3-16,21-23,34,40H,17-20,24-27H2,1-2H3,(H,59,60)/t34-,40-/m1/s1. The number of para-hydroxylation sites is 1. The van der Waals surface area contributed by atoms with E-state index in [1.165, 1.54) is 18.3 Å². The zero-order valence-electron chi connectivity index (χ0n) is 35.2. The van der Waals surface area contributed by atoms with E-state index in [9.17, 15) is 14.3 Å². The lowest BCUT2D eigenvalue weighted by atomic mass is 9.97. The lowest BCUT2D eigenvalue weighted by molar-refractivity contribution is -0.145. The molecular weight excluding hydrogens is 898 g/mol. The molecule has 1 saturated heterocycles. The number of hydrogen-bond acceptors (Lipinski definition) is 11. The zero-order valence-corrected chi connectivity index (χ0v) is 37.5. The van der Waals surface area contributed by atoms with Crippen LogP contribution in [0.4, 0.5) is 4.39 Å². The SMILES string of the molecule is COc1ccccc1-c1nccc(COc2ccc3cc2C[C@H](C(=O)O)Oc2nccn4c(Cl)c(-c5ccc(F)cc5)c(c24)-c2cc(Cl)c(c(Cl)c2)O[C@H](CN2CCN(C)CC2)CO3)n1. The molecule has 334 valence electrons. The molecule has 1 fully saturated rings. The minimum absolute atomic E-state index is 0.0230. The molecule has 7 aromatic rings. The third-order valence-corrected chi connectivity index (χ3v) is 12.3. The molecule has 0 aliphatic carbocycles. The highest BCUT2D eigenvalue weighted by Gasteiger charge is 2.31. The van der Waals surface area contributed by atoms with Crippen molar-refractivity contribution in [2.24, 2.45) is 0 Å². The Bertz CT molecular complexity index is 2850. The Morgan fingerprint density at radius 2 is 1.65 bits per heavy atom. The van der Waals surface area contributed by atoms with Crippen LogP contribution in [0.2, 0.25) is 15.2 Å². The second kappa shape index (κ2) is 19.1. The van der Waals surface area contributed by atoms with Crippen LogP contribution in [0.5, 0.6) is 28.9 Å². The topological polar surface area (TPSA) is 133 Å². The Kier molecular flexibility index (Phi) is 13.0. The number of piperazine rings is 1. The number of aromatic nitrogens is 4. The molecule has 3 aliphatic rings. The predicted octanol–water partition coefficient (Wildman–Crippen LogP) is 9.27. The van der Waals surface area contributed by atoms with E-state index in [-0.39, 0.29) is 46.5 Å². The van der Waals surface area contributed by atoms with Crippen LogP contribution in [-0.2, 0) is 17.8 Å². The van der Waals surface area contributed by atoms with Gasteiger partial charge < -0.3 is 38.1 Å². The van der Waals surface area contributed by atoms with E-state index in [2.05, 4.69) is 26.8 Å². The first kappa shape index (κ1) is 44.1. The minimum Gasteiger partial charge on any atom is -0.496 e. The molecule has 0 radical (unpaired) electrons. The van der Waals surface area contributed by atoms with Crippen molar-refractivity contribution in [1.82, 2.24) is 29.2 Å². The van der Waals surface area contributed by atoms with Gasteiger partial charge in [0.2, 0.25) is 12.0 Å². The van der Waals surface area contributed by atoms with Crippen LogP contribution in [-0.4, -0.2) is 106 Å². The fourth-order valence-corrected chi connectivity index (χ4v) is 8.97. The van der Waals surface area contributed by atoms with E-state index < -0.39 is 24.0 Å². The summed E-state index contributed by atoms with van der Waals surface area (Å²) in [7, 11) is 3.68. The Balaban J connectivity index is 1.15. The molecule has 4 aromatic carbocycles. The summed E-state index contributed by atoms with van der Waals surface area (Å²) in [6, 6.07) is 23.6. The number of ether oxygens (including phenoxy) is 5. The smallest absolute Gasteiger partial charge is 0.345 e. The van der Waals surface area contributed by atoms with Crippen molar-refractivity contribution in [2.75, 3.05) is 53.5 Å². The quantitative estimate of drug-likeness (QED) is 0.148. The summed E-state index contributed by atoms with van der Waals surface area (Å²) < 4.78 is 47.4. The second-order valence-corrected chi connectivity index (χ2v) is 16.9. The number of nitrogens with zero attached hydrogens (tertiary/aromatic N) is 6. The van der Waals surface area contributed by atoms with Gasteiger partial charge in [-0.15, -0.1) is 0 Å². The van der Waals surface area contributed by atoms with Crippen molar-refractivity contribution < 1.29 is 38.0 Å². The average Bonchev–Trinajstić information content (AvgIpc) is 3.61. The highest BCUT2D eigenvalue weighted by atomic mass is 35.5. The Hall–Kier alpha value is -6.16. The average molecular weight is 940 g/mol. The maximum atomic E-state index is 14.3. The number of methoxy groups -OCH3 is 1. The van der Waals surface area contributed by atoms with Crippen LogP contribution in [0, 0.1) is 5.82 Å². The zero-order chi connectivity index (χ0) is 45.2. The number of rotatable bonds is 9. The van der Waals surface area contributed by atoms with Crippen LogP contribution < -0.4 is 23.7 Å². The van der Waals surface area contributed by atoms with Gasteiger partial charge in [-0.2, -0.15) is 0 Å². The van der Waals surface area contributed by atoms with Gasteiger partial charge in [-0.1, -0.05) is 59.1 Å². The van der Waals surface area contributed by atoms with Crippen LogP contribution >= 0.6 is 34.8 Å². The highest BCUT2D eigenvalue weighted by molar-refractivity contribution is 6.38. The van der Waals surface area contributed by atoms with Crippen molar-refractivity contribution in [3.05, 3.63) is 136 Å². The van der Waals surface area contributed by atoms with E-state index in [1.807, 2.05) is 24.3 Å². The first-order valence-corrected chi connectivity index (χ1v) is 21.9. The summed E-state index contributed by atoms with van der Waals surface area (Å²) in [5, 5.41) is 11.5. The summed E-state index contributed by atoms with van der Waals surface area (Å²) in [6.45, 7) is 4.03. The predicted molar refractivity (Wildman–Crippen MR) is 245 cm³/mol. The number of likely N-dealkylation sites (N-methyl/N-ethyl adjacent to an activating group) is 1. The molecule has 0 saturated carbocycles. The van der Waals surface area contributed by atoms with Gasteiger partial charge in [0, 0.05) is 74.4 Å². The van der Waals surface area contributed by atoms with E-state index in [1.54, 1.807) is 72.4 Å². The van der Waals surface area contributed by atoms with E-state index in [0.717, 1.165) is 26.2 Å². The maximum Gasteiger partial charge on any atom is 0.345 e. The number of hydrogen-bond donors (Lipinski definition) is 1. The summed E-state index contributed by atoms with van der Waals surface area (Å²) >= 11 is 21.4. The van der Waals surface area contributed by atoms with Gasteiger partial charge in [-0.05, 0) is 78.8 Å². The molecule has 13 nitrogen and oxygen atoms in total. The third kappa shape index (κ3) is 9.49. The molecule has 10 rings (SSSR count). The Morgan fingerprint density at radius 3 is 2.40 bits per heavy atom. The molecule has 0 unspecified atom stereocenters. The van der Waals surface area contributed by atoms with Gasteiger partial charge in [0.05, 0.1) is 28.4 Å². The molecule has 0 amide bonds. The summed E-state index contributed by atoms with van der Waals surface area (Å²) in [4.78, 5) is 31.6. The van der Waals surface area contributed by atoms with Crippen molar-refractivity contribution in [3.8, 4) is 62.5 Å². The molecule has 4 bridgehead atoms. The first-order chi connectivity index (χ1) is 31.5. The normalized spacial score (nSPS) is 16.9. The van der Waals surface area contributed by atoms with Crippen LogP contribution in [0.15, 0.2) is 104 Å². The number of carboxylic acid groups (broad SMARTS) is 1. The third-order valence-electron chi connectivity index (χ3n) is 11.4. The molecule has 2 atom stereocenters. The number of carbonyl (C=O) groups is 1. The van der Waals surface area contributed by atoms with Crippen LogP contribution in [0.3, 0.4) is 0 Å². The van der Waals surface area contributed by atoms with Crippen LogP contribution in [0.1, 0.15) is 11.3 Å². The molecule has 3 aliphatic heterocycles. The van der Waals surface area contributed by atoms with Gasteiger partial charge in [0.15, 0.2) is 11.6 Å². The van der Waals surface area contributed by atoms with E-state index in [4.69, 9.17) is 63.5 Å². The fourth-order valence-electron chi connectivity index (χ4n) is 8.05. The van der Waals surface area contributed by atoms with Crippen molar-refractivity contribution in [1.29, 1.82) is 0 Å². The summed E-state index contributed by atoms with van der Waals surface area (Å²) in [5.41, 5.74) is 4.10. The Morgan fingerprint density at radius 1 is 0.877 bits per heavy atom. The number of benzene rings is 4. The lowest BCUT2D eigenvalue weighted by Crippen LogP contribution is -2.49. The molecular formula is C48H42Cl3FN6O7. The maximum absolute atomic E-state index is 14.3. The number of carboxylic acids is 1. The minimum atomic E-state index is -1.50. The number of fused-ring (bicyclic) bond motifs is 7. The molecule has 1 N–H and O–H groups in total. The monoisotopic (exact) mass is 938 g/mol. The van der Waals surface area contributed by atoms with E-state index >= 15 is 0 Å². The Labute approximate surface area is 388 Å².